The Labute approximate surface area is 111 Å². The molecule has 6 heteroatoms. The van der Waals surface area contributed by atoms with Crippen LogP contribution in [0.1, 0.15) is 23.2 Å². The maximum atomic E-state index is 11.3. The molecule has 0 saturated carbocycles. The second-order valence-electron chi connectivity index (χ2n) is 3.39. The van der Waals surface area contributed by atoms with Crippen molar-refractivity contribution < 1.29 is 9.21 Å². The third-order valence-electron chi connectivity index (χ3n) is 2.03. The first-order valence-corrected chi connectivity index (χ1v) is 6.45. The lowest BCUT2D eigenvalue weighted by atomic mass is 10.2. The molecule has 0 radical (unpaired) electrons. The molecule has 0 spiro atoms. The summed E-state index contributed by atoms with van der Waals surface area (Å²) in [6, 6.07) is 5.49. The molecule has 2 rings (SSSR count). The van der Waals surface area contributed by atoms with Gasteiger partial charge >= 0.3 is 0 Å². The van der Waals surface area contributed by atoms with Gasteiger partial charge in [0.2, 0.25) is 5.89 Å². The maximum absolute atomic E-state index is 11.3. The molecule has 0 amide bonds. The number of hydrogen-bond acceptors (Lipinski definition) is 5. The van der Waals surface area contributed by atoms with Crippen molar-refractivity contribution in [1.29, 1.82) is 0 Å². The lowest BCUT2D eigenvalue weighted by molar-refractivity contribution is 0.101. The Morgan fingerprint density at radius 2 is 2.18 bits per heavy atom. The Morgan fingerprint density at radius 3 is 2.71 bits per heavy atom. The Hall–Kier alpha value is -1.14. The minimum absolute atomic E-state index is 0.0297. The summed E-state index contributed by atoms with van der Waals surface area (Å²) in [7, 11) is 0. The van der Waals surface area contributed by atoms with E-state index in [0.717, 1.165) is 9.37 Å². The van der Waals surface area contributed by atoms with Gasteiger partial charge in [0.25, 0.3) is 5.22 Å². The number of halogens is 1. The van der Waals surface area contributed by atoms with Gasteiger partial charge in [-0.25, -0.2) is 0 Å². The second-order valence-corrected chi connectivity index (χ2v) is 5.27. The molecule has 0 fully saturated rings. The van der Waals surface area contributed by atoms with Crippen molar-refractivity contribution in [3.63, 3.8) is 0 Å². The van der Waals surface area contributed by atoms with Crippen LogP contribution in [0, 0.1) is 6.92 Å². The Kier molecular flexibility index (Phi) is 3.63. The van der Waals surface area contributed by atoms with E-state index in [1.807, 2.05) is 12.1 Å². The van der Waals surface area contributed by atoms with E-state index < -0.39 is 0 Å². The van der Waals surface area contributed by atoms with Gasteiger partial charge in [-0.05, 0) is 36.9 Å². The highest BCUT2D eigenvalue weighted by atomic mass is 79.9. The van der Waals surface area contributed by atoms with Crippen LogP contribution in [-0.2, 0) is 0 Å². The topological polar surface area (TPSA) is 56.0 Å². The molecule has 1 heterocycles. The van der Waals surface area contributed by atoms with Crippen LogP contribution in [0.5, 0.6) is 0 Å². The van der Waals surface area contributed by atoms with Gasteiger partial charge in [-0.1, -0.05) is 15.9 Å². The summed E-state index contributed by atoms with van der Waals surface area (Å²) in [6.07, 6.45) is 0. The predicted octanol–water partition coefficient (Wildman–Crippen LogP) is 3.49. The standard InChI is InChI=1S/C11H9BrN2O2S/c1-6(15)9-4-3-8(5-10(9)12)17-11-14-13-7(2)16-11/h3-5H,1-2H3. The SMILES string of the molecule is CC(=O)c1ccc(Sc2nnc(C)o2)cc1Br. The number of rotatable bonds is 3. The van der Waals surface area contributed by atoms with Gasteiger partial charge in [0.05, 0.1) is 0 Å². The zero-order valence-corrected chi connectivity index (χ0v) is 11.6. The first-order chi connectivity index (χ1) is 8.06. The van der Waals surface area contributed by atoms with Gasteiger partial charge in [0.1, 0.15) is 0 Å². The number of ketones is 1. The third-order valence-corrected chi connectivity index (χ3v) is 3.52. The number of nitrogens with zero attached hydrogens (tertiary/aromatic N) is 2. The van der Waals surface area contributed by atoms with Gasteiger partial charge in [0.15, 0.2) is 5.78 Å². The largest absolute Gasteiger partial charge is 0.416 e. The average Bonchev–Trinajstić information content (AvgIpc) is 2.63. The smallest absolute Gasteiger partial charge is 0.281 e. The molecular weight excluding hydrogens is 304 g/mol. The highest BCUT2D eigenvalue weighted by Crippen LogP contribution is 2.30. The fraction of sp³-hybridized carbons (Fsp3) is 0.182. The summed E-state index contributed by atoms with van der Waals surface area (Å²) < 4.78 is 6.03. The van der Waals surface area contributed by atoms with Crippen LogP contribution in [0.25, 0.3) is 0 Å². The van der Waals surface area contributed by atoms with E-state index in [9.17, 15) is 4.79 Å². The molecule has 0 aliphatic heterocycles. The normalized spacial score (nSPS) is 10.5. The zero-order chi connectivity index (χ0) is 12.4. The van der Waals surface area contributed by atoms with Gasteiger partial charge in [-0.3, -0.25) is 4.79 Å². The zero-order valence-electron chi connectivity index (χ0n) is 9.23. The molecule has 4 nitrogen and oxygen atoms in total. The molecule has 1 aromatic heterocycles. The van der Waals surface area contributed by atoms with Gasteiger partial charge in [-0.2, -0.15) is 0 Å². The van der Waals surface area contributed by atoms with Crippen LogP contribution < -0.4 is 0 Å². The number of carbonyl (C=O) groups is 1. The van der Waals surface area contributed by atoms with Crippen molar-refractivity contribution in [2.45, 2.75) is 24.0 Å². The molecule has 0 N–H and O–H groups in total. The second kappa shape index (κ2) is 5.01. The van der Waals surface area contributed by atoms with Crippen molar-refractivity contribution in [2.75, 3.05) is 0 Å². The van der Waals surface area contributed by atoms with Crippen LogP contribution in [-0.4, -0.2) is 16.0 Å². The third kappa shape index (κ3) is 2.95. The van der Waals surface area contributed by atoms with Crippen LogP contribution >= 0.6 is 27.7 Å². The van der Waals surface area contributed by atoms with Crippen LogP contribution in [0.3, 0.4) is 0 Å². The molecule has 0 aliphatic rings. The summed E-state index contributed by atoms with van der Waals surface area (Å²) in [5.41, 5.74) is 0.663. The Morgan fingerprint density at radius 1 is 1.41 bits per heavy atom. The minimum Gasteiger partial charge on any atom is -0.416 e. The predicted molar refractivity (Wildman–Crippen MR) is 67.3 cm³/mol. The maximum Gasteiger partial charge on any atom is 0.281 e. The van der Waals surface area contributed by atoms with E-state index in [-0.39, 0.29) is 5.78 Å². The van der Waals surface area contributed by atoms with Crippen molar-refractivity contribution in [3.05, 3.63) is 34.1 Å². The van der Waals surface area contributed by atoms with Crippen LogP contribution in [0.4, 0.5) is 0 Å². The van der Waals surface area contributed by atoms with E-state index >= 15 is 0 Å². The van der Waals surface area contributed by atoms with E-state index in [0.29, 0.717) is 16.7 Å². The van der Waals surface area contributed by atoms with Crippen molar-refractivity contribution >= 4 is 33.5 Å². The van der Waals surface area contributed by atoms with Gasteiger partial charge in [0, 0.05) is 21.9 Å². The lowest BCUT2D eigenvalue weighted by Gasteiger charge is -2.02. The van der Waals surface area contributed by atoms with E-state index in [1.165, 1.54) is 18.7 Å². The summed E-state index contributed by atoms with van der Waals surface area (Å²) >= 11 is 4.73. The Bertz CT molecular complexity index is 568. The molecule has 1 aromatic carbocycles. The number of aryl methyl sites for hydroxylation is 1. The number of benzene rings is 1. The monoisotopic (exact) mass is 312 g/mol. The minimum atomic E-state index is 0.0297. The lowest BCUT2D eigenvalue weighted by Crippen LogP contribution is -1.93. The summed E-state index contributed by atoms with van der Waals surface area (Å²) in [5, 5.41) is 8.13. The molecule has 88 valence electrons. The quantitative estimate of drug-likeness (QED) is 0.812. The van der Waals surface area contributed by atoms with Gasteiger partial charge < -0.3 is 4.42 Å². The number of hydrogen-bond donors (Lipinski definition) is 0. The number of carbonyl (C=O) groups excluding carboxylic acids is 1. The number of Topliss-reactive ketones (excluding diaryl/α,β-unsaturated/α-hetero) is 1. The van der Waals surface area contributed by atoms with E-state index in [2.05, 4.69) is 26.1 Å². The fourth-order valence-electron chi connectivity index (χ4n) is 1.27. The summed E-state index contributed by atoms with van der Waals surface area (Å²) in [5.74, 6) is 0.564. The molecule has 0 unspecified atom stereocenters. The molecule has 0 aliphatic carbocycles. The van der Waals surface area contributed by atoms with E-state index in [1.54, 1.807) is 13.0 Å². The molecule has 0 bridgehead atoms. The molecule has 0 atom stereocenters. The van der Waals surface area contributed by atoms with Crippen LogP contribution in [0.15, 0.2) is 37.2 Å². The van der Waals surface area contributed by atoms with Crippen molar-refractivity contribution in [1.82, 2.24) is 10.2 Å². The molecular formula is C11H9BrN2O2S. The average molecular weight is 313 g/mol. The van der Waals surface area contributed by atoms with E-state index in [4.69, 9.17) is 4.42 Å². The van der Waals surface area contributed by atoms with Crippen molar-refractivity contribution in [2.24, 2.45) is 0 Å². The first-order valence-electron chi connectivity index (χ1n) is 4.84. The summed E-state index contributed by atoms with van der Waals surface area (Å²) in [6.45, 7) is 3.28. The van der Waals surface area contributed by atoms with Crippen LogP contribution in [0.2, 0.25) is 0 Å². The van der Waals surface area contributed by atoms with Gasteiger partial charge in [-0.15, -0.1) is 10.2 Å². The molecule has 2 aromatic rings. The molecule has 17 heavy (non-hydrogen) atoms. The molecule has 0 saturated heterocycles. The number of aromatic nitrogens is 2. The Balaban J connectivity index is 2.23. The highest BCUT2D eigenvalue weighted by molar-refractivity contribution is 9.10. The fourth-order valence-corrected chi connectivity index (χ4v) is 2.83. The first kappa shape index (κ1) is 12.3. The summed E-state index contributed by atoms with van der Waals surface area (Å²) in [4.78, 5) is 12.2. The highest BCUT2D eigenvalue weighted by Gasteiger charge is 2.09. The van der Waals surface area contributed by atoms with Crippen molar-refractivity contribution in [3.8, 4) is 0 Å².